The van der Waals surface area contributed by atoms with Crippen molar-refractivity contribution in [3.05, 3.63) is 28.2 Å². The number of anilines is 1. The molecule has 2 rings (SSSR count). The molecule has 0 spiro atoms. The largest absolute Gasteiger partial charge is 0.478 e. The summed E-state index contributed by atoms with van der Waals surface area (Å²) in [7, 11) is 1.76. The Bertz CT molecular complexity index is 572. The number of carbonyl (C=O) groups excluding carboxylic acids is 1. The number of likely N-dealkylation sites (N-methyl/N-ethyl adjacent to an activating group) is 1. The molecular formula is C14H17BrN2O3. The molecule has 0 radical (unpaired) electrons. The van der Waals surface area contributed by atoms with Crippen LogP contribution in [0, 0.1) is 0 Å². The van der Waals surface area contributed by atoms with E-state index in [-0.39, 0.29) is 11.5 Å². The molecule has 1 aromatic carbocycles. The second-order valence-electron chi connectivity index (χ2n) is 5.40. The highest BCUT2D eigenvalue weighted by Gasteiger charge is 2.41. The molecule has 1 heterocycles. The molecule has 1 N–H and O–H groups in total. The van der Waals surface area contributed by atoms with Crippen LogP contribution in [0.25, 0.3) is 0 Å². The van der Waals surface area contributed by atoms with E-state index in [1.54, 1.807) is 30.1 Å². The third kappa shape index (κ3) is 2.40. The standard InChI is InChI=1S/C14H17BrN2O3/c1-14(2)13(20)16(3)6-7-17(14)11-8-9(15)4-5-10(11)12(18)19/h4-5,8H,6-7H2,1-3H3,(H,18,19). The summed E-state index contributed by atoms with van der Waals surface area (Å²) < 4.78 is 0.791. The normalized spacial score (nSPS) is 18.3. The van der Waals surface area contributed by atoms with Crippen molar-refractivity contribution in [1.29, 1.82) is 0 Å². The minimum Gasteiger partial charge on any atom is -0.478 e. The van der Waals surface area contributed by atoms with Gasteiger partial charge in [-0.15, -0.1) is 0 Å². The number of carboxylic acid groups (broad SMARTS) is 1. The van der Waals surface area contributed by atoms with Crippen molar-refractivity contribution in [2.24, 2.45) is 0 Å². The molecule has 5 nitrogen and oxygen atoms in total. The van der Waals surface area contributed by atoms with Gasteiger partial charge in [0.1, 0.15) is 5.54 Å². The molecule has 1 saturated heterocycles. The zero-order valence-electron chi connectivity index (χ0n) is 11.7. The fraction of sp³-hybridized carbons (Fsp3) is 0.429. The zero-order chi connectivity index (χ0) is 15.1. The van der Waals surface area contributed by atoms with Crippen LogP contribution in [0.5, 0.6) is 0 Å². The van der Waals surface area contributed by atoms with E-state index in [1.165, 1.54) is 0 Å². The van der Waals surface area contributed by atoms with E-state index in [2.05, 4.69) is 15.9 Å². The minimum atomic E-state index is -0.991. The van der Waals surface area contributed by atoms with Crippen molar-refractivity contribution in [2.45, 2.75) is 19.4 Å². The molecule has 1 amide bonds. The van der Waals surface area contributed by atoms with E-state index >= 15 is 0 Å². The molecule has 1 aliphatic heterocycles. The summed E-state index contributed by atoms with van der Waals surface area (Å²) in [5.74, 6) is -1.00. The smallest absolute Gasteiger partial charge is 0.337 e. The van der Waals surface area contributed by atoms with Gasteiger partial charge in [-0.05, 0) is 32.0 Å². The average Bonchev–Trinajstić information content (AvgIpc) is 2.35. The van der Waals surface area contributed by atoms with E-state index in [0.717, 1.165) is 4.47 Å². The maximum Gasteiger partial charge on any atom is 0.337 e. The molecule has 0 unspecified atom stereocenters. The van der Waals surface area contributed by atoms with Crippen molar-refractivity contribution >= 4 is 33.5 Å². The molecule has 6 heteroatoms. The van der Waals surface area contributed by atoms with Crippen molar-refractivity contribution < 1.29 is 14.7 Å². The van der Waals surface area contributed by atoms with Gasteiger partial charge in [-0.3, -0.25) is 4.79 Å². The van der Waals surface area contributed by atoms with Crippen molar-refractivity contribution in [2.75, 3.05) is 25.0 Å². The van der Waals surface area contributed by atoms with Crippen LogP contribution in [0.1, 0.15) is 24.2 Å². The van der Waals surface area contributed by atoms with Gasteiger partial charge < -0.3 is 14.9 Å². The van der Waals surface area contributed by atoms with E-state index in [1.807, 2.05) is 18.7 Å². The number of hydrogen-bond acceptors (Lipinski definition) is 3. The van der Waals surface area contributed by atoms with Gasteiger partial charge in [-0.25, -0.2) is 4.79 Å². The third-order valence-electron chi connectivity index (χ3n) is 3.68. The Balaban J connectivity index is 2.53. The summed E-state index contributed by atoms with van der Waals surface area (Å²) in [6.07, 6.45) is 0. The highest BCUT2D eigenvalue weighted by Crippen LogP contribution is 2.33. The number of carboxylic acids is 1. The highest BCUT2D eigenvalue weighted by molar-refractivity contribution is 9.10. The van der Waals surface area contributed by atoms with Gasteiger partial charge in [0.15, 0.2) is 0 Å². The average molecular weight is 341 g/mol. The number of carbonyl (C=O) groups is 2. The first-order chi connectivity index (χ1) is 9.25. The van der Waals surface area contributed by atoms with Crippen LogP contribution in [0.4, 0.5) is 5.69 Å². The number of nitrogens with zero attached hydrogens (tertiary/aromatic N) is 2. The van der Waals surface area contributed by atoms with E-state index in [4.69, 9.17) is 0 Å². The predicted octanol–water partition coefficient (Wildman–Crippen LogP) is 2.20. The van der Waals surface area contributed by atoms with Crippen LogP contribution >= 0.6 is 15.9 Å². The summed E-state index contributed by atoms with van der Waals surface area (Å²) in [6, 6.07) is 5.00. The van der Waals surface area contributed by atoms with Gasteiger partial charge in [0.2, 0.25) is 5.91 Å². The van der Waals surface area contributed by atoms with Crippen LogP contribution in [-0.2, 0) is 4.79 Å². The lowest BCUT2D eigenvalue weighted by molar-refractivity contribution is -0.136. The van der Waals surface area contributed by atoms with Crippen molar-refractivity contribution in [3.8, 4) is 0 Å². The molecule has 1 aliphatic rings. The number of aromatic carboxylic acids is 1. The second-order valence-corrected chi connectivity index (χ2v) is 6.32. The summed E-state index contributed by atoms with van der Waals surface area (Å²) in [5, 5.41) is 9.34. The first kappa shape index (κ1) is 14.8. The number of amides is 1. The Labute approximate surface area is 126 Å². The number of halogens is 1. The molecule has 0 atom stereocenters. The molecule has 20 heavy (non-hydrogen) atoms. The molecule has 108 valence electrons. The van der Waals surface area contributed by atoms with E-state index in [9.17, 15) is 14.7 Å². The van der Waals surface area contributed by atoms with Crippen LogP contribution in [0.15, 0.2) is 22.7 Å². The molecule has 1 aromatic rings. The molecule has 0 aliphatic carbocycles. The topological polar surface area (TPSA) is 60.9 Å². The molecular weight excluding hydrogens is 324 g/mol. The minimum absolute atomic E-state index is 0.0138. The zero-order valence-corrected chi connectivity index (χ0v) is 13.3. The van der Waals surface area contributed by atoms with Crippen molar-refractivity contribution in [3.63, 3.8) is 0 Å². The van der Waals surface area contributed by atoms with Crippen LogP contribution < -0.4 is 4.90 Å². The van der Waals surface area contributed by atoms with Gasteiger partial charge in [0.05, 0.1) is 11.3 Å². The summed E-state index contributed by atoms with van der Waals surface area (Å²) in [4.78, 5) is 27.3. The Morgan fingerprint density at radius 1 is 1.35 bits per heavy atom. The molecule has 0 aromatic heterocycles. The molecule has 0 saturated carbocycles. The number of hydrogen-bond donors (Lipinski definition) is 1. The maximum atomic E-state index is 12.3. The maximum absolute atomic E-state index is 12.3. The van der Waals surface area contributed by atoms with Gasteiger partial charge in [-0.2, -0.15) is 0 Å². The van der Waals surface area contributed by atoms with Crippen LogP contribution in [-0.4, -0.2) is 47.6 Å². The lowest BCUT2D eigenvalue weighted by Gasteiger charge is -2.46. The lowest BCUT2D eigenvalue weighted by atomic mass is 9.95. The molecule has 0 bridgehead atoms. The Morgan fingerprint density at radius 2 is 2.00 bits per heavy atom. The monoisotopic (exact) mass is 340 g/mol. The number of benzene rings is 1. The van der Waals surface area contributed by atoms with E-state index in [0.29, 0.717) is 18.8 Å². The van der Waals surface area contributed by atoms with E-state index < -0.39 is 11.5 Å². The van der Waals surface area contributed by atoms with Gasteiger partial charge >= 0.3 is 5.97 Å². The number of rotatable bonds is 2. The van der Waals surface area contributed by atoms with Crippen LogP contribution in [0.3, 0.4) is 0 Å². The summed E-state index contributed by atoms with van der Waals surface area (Å²) in [6.45, 7) is 4.81. The Hall–Kier alpha value is -1.56. The Morgan fingerprint density at radius 3 is 2.60 bits per heavy atom. The van der Waals surface area contributed by atoms with Crippen molar-refractivity contribution in [1.82, 2.24) is 4.90 Å². The van der Waals surface area contributed by atoms with Gasteiger partial charge in [-0.1, -0.05) is 15.9 Å². The summed E-state index contributed by atoms with van der Waals surface area (Å²) in [5.41, 5.74) is 0.00908. The second kappa shape index (κ2) is 5.09. The Kier molecular flexibility index (Phi) is 3.77. The number of piperazine rings is 1. The first-order valence-corrected chi connectivity index (χ1v) is 7.10. The molecule has 1 fully saturated rings. The highest BCUT2D eigenvalue weighted by atomic mass is 79.9. The van der Waals surface area contributed by atoms with Gasteiger partial charge in [0, 0.05) is 24.6 Å². The lowest BCUT2D eigenvalue weighted by Crippen LogP contribution is -2.62. The van der Waals surface area contributed by atoms with Crippen LogP contribution in [0.2, 0.25) is 0 Å². The first-order valence-electron chi connectivity index (χ1n) is 6.31. The fourth-order valence-electron chi connectivity index (χ4n) is 2.54. The summed E-state index contributed by atoms with van der Waals surface area (Å²) >= 11 is 3.36. The fourth-order valence-corrected chi connectivity index (χ4v) is 2.89. The van der Waals surface area contributed by atoms with Gasteiger partial charge in [0.25, 0.3) is 0 Å². The predicted molar refractivity (Wildman–Crippen MR) is 80.2 cm³/mol. The quantitative estimate of drug-likeness (QED) is 0.896. The third-order valence-corrected chi connectivity index (χ3v) is 4.18. The SMILES string of the molecule is CN1CCN(c2cc(Br)ccc2C(=O)O)C(C)(C)C1=O.